The molecule has 0 spiro atoms. The topological polar surface area (TPSA) is 26.3 Å². The van der Waals surface area contributed by atoms with Gasteiger partial charge in [0.25, 0.3) is 0 Å². The monoisotopic (exact) mass is 324 g/mol. The maximum absolute atomic E-state index is 12.6. The van der Waals surface area contributed by atoms with Crippen LogP contribution in [0.25, 0.3) is 5.57 Å². The van der Waals surface area contributed by atoms with Crippen LogP contribution in [0.1, 0.15) is 12.5 Å². The number of carbonyl (C=O) groups excluding carboxylic acids is 1. The van der Waals surface area contributed by atoms with Gasteiger partial charge in [-0.25, -0.2) is 4.79 Å². The molecule has 0 aromatic heterocycles. The van der Waals surface area contributed by atoms with E-state index in [4.69, 9.17) is 0 Å². The number of benzene rings is 1. The summed E-state index contributed by atoms with van der Waals surface area (Å²) in [4.78, 5) is 11.7. The maximum Gasteiger partial charge on any atom is 0.428 e. The van der Waals surface area contributed by atoms with Crippen LogP contribution in [-0.4, -0.2) is 24.9 Å². The maximum atomic E-state index is 12.6. The highest BCUT2D eigenvalue weighted by Gasteiger charge is 2.51. The van der Waals surface area contributed by atoms with E-state index in [1.165, 1.54) is 37.3 Å². The van der Waals surface area contributed by atoms with E-state index in [1.54, 1.807) is 0 Å². The molecule has 0 aliphatic carbocycles. The van der Waals surface area contributed by atoms with Crippen LogP contribution in [0.15, 0.2) is 41.6 Å². The lowest BCUT2D eigenvalue weighted by Crippen LogP contribution is -2.25. The van der Waals surface area contributed by atoms with Crippen LogP contribution in [-0.2, 0) is 9.53 Å². The lowest BCUT2D eigenvalue weighted by atomic mass is 10.1. The molecule has 2 nitrogen and oxygen atoms in total. The van der Waals surface area contributed by atoms with E-state index in [1.807, 2.05) is 0 Å². The van der Waals surface area contributed by atoms with Gasteiger partial charge in [-0.05, 0) is 12.5 Å². The minimum Gasteiger partial charge on any atom is -0.462 e. The molecule has 0 fully saturated rings. The summed E-state index contributed by atoms with van der Waals surface area (Å²) in [5.74, 6) is -1.32. The Kier molecular flexibility index (Phi) is 5.43. The quantitative estimate of drug-likeness (QED) is 0.359. The fraction of sp³-hybridized carbons (Fsp3) is 0.286. The van der Waals surface area contributed by atoms with E-state index in [9.17, 15) is 31.1 Å². The van der Waals surface area contributed by atoms with Crippen molar-refractivity contribution in [3.63, 3.8) is 0 Å². The largest absolute Gasteiger partial charge is 0.462 e. The summed E-state index contributed by atoms with van der Waals surface area (Å²) < 4.78 is 79.8. The molecule has 8 heteroatoms. The third kappa shape index (κ3) is 4.66. The molecule has 0 bridgehead atoms. The number of alkyl halides is 6. The second-order valence-corrected chi connectivity index (χ2v) is 3.96. The first kappa shape index (κ1) is 17.8. The number of hydrogen-bond donors (Lipinski definition) is 0. The predicted molar refractivity (Wildman–Crippen MR) is 65.6 cm³/mol. The van der Waals surface area contributed by atoms with Crippen molar-refractivity contribution in [1.82, 2.24) is 0 Å². The molecule has 0 atom stereocenters. The van der Waals surface area contributed by atoms with E-state index in [0.717, 1.165) is 5.73 Å². The number of esters is 1. The van der Waals surface area contributed by atoms with Gasteiger partial charge in [0.15, 0.2) is 5.57 Å². The van der Waals surface area contributed by atoms with E-state index in [-0.39, 0.29) is 12.2 Å². The van der Waals surface area contributed by atoms with E-state index in [0.29, 0.717) is 0 Å². The Balaban J connectivity index is 3.66. The van der Waals surface area contributed by atoms with Gasteiger partial charge in [-0.1, -0.05) is 36.1 Å². The summed E-state index contributed by atoms with van der Waals surface area (Å²) in [6, 6.07) is 6.58. The SMILES string of the molecule is CCOC(=O)C(=C=C(C(F)(F)F)C(F)(F)F)c1ccccc1. The van der Waals surface area contributed by atoms with Gasteiger partial charge in [0.05, 0.1) is 6.61 Å². The zero-order valence-electron chi connectivity index (χ0n) is 11.2. The van der Waals surface area contributed by atoms with Crippen molar-refractivity contribution in [2.24, 2.45) is 0 Å². The van der Waals surface area contributed by atoms with E-state index < -0.39 is 29.5 Å². The second kappa shape index (κ2) is 6.70. The average molecular weight is 324 g/mol. The molecule has 0 aliphatic rings. The molecule has 120 valence electrons. The van der Waals surface area contributed by atoms with Gasteiger partial charge in [0.1, 0.15) is 5.57 Å². The first-order valence-electron chi connectivity index (χ1n) is 5.95. The Morgan fingerprint density at radius 2 is 1.55 bits per heavy atom. The number of hydrogen-bond acceptors (Lipinski definition) is 2. The smallest absolute Gasteiger partial charge is 0.428 e. The lowest BCUT2D eigenvalue weighted by Gasteiger charge is -2.13. The summed E-state index contributed by atoms with van der Waals surface area (Å²) in [6.45, 7) is 1.17. The molecule has 1 rings (SSSR count). The van der Waals surface area contributed by atoms with Gasteiger partial charge in [-0.15, -0.1) is 0 Å². The van der Waals surface area contributed by atoms with Crippen molar-refractivity contribution < 1.29 is 35.9 Å². The molecule has 0 aliphatic heterocycles. The summed E-state index contributed by atoms with van der Waals surface area (Å²) in [5, 5.41) is 0. The van der Waals surface area contributed by atoms with Gasteiger partial charge in [0.2, 0.25) is 0 Å². The highest BCUT2D eigenvalue weighted by Crippen LogP contribution is 2.38. The molecule has 0 heterocycles. The highest BCUT2D eigenvalue weighted by molar-refractivity contribution is 6.16. The van der Waals surface area contributed by atoms with Crippen LogP contribution in [0.2, 0.25) is 0 Å². The molecule has 0 saturated heterocycles. The number of halogens is 6. The van der Waals surface area contributed by atoms with Gasteiger partial charge in [-0.3, -0.25) is 0 Å². The fourth-order valence-corrected chi connectivity index (χ4v) is 1.48. The second-order valence-electron chi connectivity index (χ2n) is 3.96. The van der Waals surface area contributed by atoms with Crippen molar-refractivity contribution in [3.8, 4) is 0 Å². The van der Waals surface area contributed by atoms with E-state index in [2.05, 4.69) is 4.74 Å². The Morgan fingerprint density at radius 3 is 1.95 bits per heavy atom. The van der Waals surface area contributed by atoms with E-state index >= 15 is 0 Å². The Hall–Kier alpha value is -2.21. The third-order valence-electron chi connectivity index (χ3n) is 2.36. The van der Waals surface area contributed by atoms with Gasteiger partial charge in [-0.2, -0.15) is 26.3 Å². The Bertz CT molecular complexity index is 576. The number of rotatable bonds is 3. The van der Waals surface area contributed by atoms with Crippen LogP contribution >= 0.6 is 0 Å². The van der Waals surface area contributed by atoms with Crippen LogP contribution in [0, 0.1) is 0 Å². The van der Waals surface area contributed by atoms with Gasteiger partial charge in [0, 0.05) is 0 Å². The van der Waals surface area contributed by atoms with Crippen molar-refractivity contribution in [2.75, 3.05) is 6.61 Å². The molecule has 0 saturated carbocycles. The molecule has 1 aromatic rings. The molecule has 0 amide bonds. The number of carbonyl (C=O) groups is 1. The predicted octanol–water partition coefficient (Wildman–Crippen LogP) is 4.28. The van der Waals surface area contributed by atoms with Crippen molar-refractivity contribution in [3.05, 3.63) is 47.2 Å². The minimum absolute atomic E-state index is 0.160. The molecule has 0 unspecified atom stereocenters. The Morgan fingerprint density at radius 1 is 1.05 bits per heavy atom. The van der Waals surface area contributed by atoms with Gasteiger partial charge >= 0.3 is 18.3 Å². The molecular formula is C14H10F6O2. The lowest BCUT2D eigenvalue weighted by molar-refractivity contribution is -0.171. The number of ether oxygens (including phenoxy) is 1. The average Bonchev–Trinajstić information content (AvgIpc) is 2.37. The minimum atomic E-state index is -5.70. The first-order valence-corrected chi connectivity index (χ1v) is 5.95. The molecule has 0 N–H and O–H groups in total. The van der Waals surface area contributed by atoms with Crippen molar-refractivity contribution in [1.29, 1.82) is 0 Å². The van der Waals surface area contributed by atoms with Crippen LogP contribution in [0.5, 0.6) is 0 Å². The normalized spacial score (nSPS) is 11.6. The molecule has 1 aromatic carbocycles. The summed E-state index contributed by atoms with van der Waals surface area (Å²) in [5.41, 5.74) is -2.85. The fourth-order valence-electron chi connectivity index (χ4n) is 1.48. The zero-order chi connectivity index (χ0) is 17.0. The van der Waals surface area contributed by atoms with Crippen molar-refractivity contribution in [2.45, 2.75) is 19.3 Å². The van der Waals surface area contributed by atoms with Crippen LogP contribution in [0.4, 0.5) is 26.3 Å². The standard InChI is InChI=1S/C14H10F6O2/c1-2-22-12(21)10(9-6-4-3-5-7-9)8-11(13(15,16)17)14(18,19)20/h3-7H,2H2,1H3. The van der Waals surface area contributed by atoms with Crippen LogP contribution < -0.4 is 0 Å². The highest BCUT2D eigenvalue weighted by atomic mass is 19.4. The summed E-state index contributed by atoms with van der Waals surface area (Å²) in [7, 11) is 0. The van der Waals surface area contributed by atoms with Crippen LogP contribution in [0.3, 0.4) is 0 Å². The molecular weight excluding hydrogens is 314 g/mol. The molecule has 22 heavy (non-hydrogen) atoms. The summed E-state index contributed by atoms with van der Waals surface area (Å²) in [6.07, 6.45) is -11.4. The van der Waals surface area contributed by atoms with Crippen molar-refractivity contribution >= 4 is 11.5 Å². The Labute approximate surface area is 121 Å². The zero-order valence-corrected chi connectivity index (χ0v) is 11.2. The van der Waals surface area contributed by atoms with Gasteiger partial charge < -0.3 is 4.74 Å². The first-order chi connectivity index (χ1) is 10.1. The molecule has 0 radical (unpaired) electrons. The third-order valence-corrected chi connectivity index (χ3v) is 2.36. The summed E-state index contributed by atoms with van der Waals surface area (Å²) >= 11 is 0.